The monoisotopic (exact) mass is 332 g/mol. The number of carbonyl (C=O) groups is 1. The van der Waals surface area contributed by atoms with Gasteiger partial charge in [0.2, 0.25) is 10.0 Å². The molecule has 2 atom stereocenters. The fraction of sp³-hybridized carbons (Fsp3) is 0.909. The van der Waals surface area contributed by atoms with Crippen LogP contribution >= 0.6 is 0 Å². The van der Waals surface area contributed by atoms with Crippen LogP contribution in [0, 0.1) is 5.92 Å². The zero-order chi connectivity index (χ0) is 16.3. The molecule has 21 heavy (non-hydrogen) atoms. The van der Waals surface area contributed by atoms with Gasteiger partial charge in [-0.1, -0.05) is 0 Å². The third-order valence-electron chi connectivity index (χ3n) is 3.49. The standard InChI is InChI=1S/C9H18N2O2S.C2HF3O2/c10-9-3-2-8(6-9)7-11-4-1-5-14(11,12)13;3-2(4,5)1(6)7/h8-9H,1-7,10H2;(H,6,7)/t8-,9+;/m0./s1. The summed E-state index contributed by atoms with van der Waals surface area (Å²) in [5.74, 6) is -1.92. The first kappa shape index (κ1) is 18.2. The molecule has 0 radical (unpaired) electrons. The number of halogens is 3. The van der Waals surface area contributed by atoms with Gasteiger partial charge in [-0.3, -0.25) is 0 Å². The molecule has 2 rings (SSSR count). The second kappa shape index (κ2) is 6.93. The van der Waals surface area contributed by atoms with Gasteiger partial charge >= 0.3 is 12.1 Å². The molecule has 124 valence electrons. The van der Waals surface area contributed by atoms with E-state index in [4.69, 9.17) is 15.6 Å². The van der Waals surface area contributed by atoms with E-state index in [0.29, 0.717) is 30.8 Å². The summed E-state index contributed by atoms with van der Waals surface area (Å²) in [7, 11) is -2.90. The van der Waals surface area contributed by atoms with Crippen molar-refractivity contribution < 1.29 is 31.5 Å². The number of rotatable bonds is 2. The second-order valence-electron chi connectivity index (χ2n) is 5.27. The highest BCUT2D eigenvalue weighted by molar-refractivity contribution is 7.89. The van der Waals surface area contributed by atoms with E-state index < -0.39 is 22.2 Å². The molecule has 0 spiro atoms. The van der Waals surface area contributed by atoms with E-state index in [0.717, 1.165) is 25.7 Å². The first-order valence-electron chi connectivity index (χ1n) is 6.56. The molecule has 2 aliphatic rings. The van der Waals surface area contributed by atoms with Crippen molar-refractivity contribution in [2.24, 2.45) is 11.7 Å². The largest absolute Gasteiger partial charge is 0.490 e. The van der Waals surface area contributed by atoms with Gasteiger partial charge in [-0.25, -0.2) is 17.5 Å². The molecule has 6 nitrogen and oxygen atoms in total. The molecule has 10 heteroatoms. The topological polar surface area (TPSA) is 101 Å². The van der Waals surface area contributed by atoms with Gasteiger partial charge < -0.3 is 10.8 Å². The maximum atomic E-state index is 11.5. The van der Waals surface area contributed by atoms with Gasteiger partial charge in [-0.2, -0.15) is 13.2 Å². The van der Waals surface area contributed by atoms with Crippen LogP contribution in [-0.2, 0) is 14.8 Å². The molecule has 0 bridgehead atoms. The van der Waals surface area contributed by atoms with E-state index in [-0.39, 0.29) is 0 Å². The Morgan fingerprint density at radius 1 is 1.33 bits per heavy atom. The van der Waals surface area contributed by atoms with Gasteiger partial charge in [-0.15, -0.1) is 0 Å². The predicted molar refractivity (Wildman–Crippen MR) is 69.0 cm³/mol. The van der Waals surface area contributed by atoms with Gasteiger partial charge in [0.05, 0.1) is 5.75 Å². The Hall–Kier alpha value is -0.870. The average Bonchev–Trinajstić information content (AvgIpc) is 2.86. The average molecular weight is 332 g/mol. The minimum atomic E-state index is -5.08. The molecule has 0 aromatic carbocycles. The van der Waals surface area contributed by atoms with Gasteiger partial charge in [0, 0.05) is 19.1 Å². The van der Waals surface area contributed by atoms with Crippen LogP contribution < -0.4 is 5.73 Å². The van der Waals surface area contributed by atoms with E-state index in [1.54, 1.807) is 4.31 Å². The summed E-state index contributed by atoms with van der Waals surface area (Å²) in [5.41, 5.74) is 5.80. The highest BCUT2D eigenvalue weighted by Crippen LogP contribution is 2.27. The predicted octanol–water partition coefficient (Wildman–Crippen LogP) is 0.783. The molecule has 0 unspecified atom stereocenters. The molecular formula is C11H19F3N2O4S. The normalized spacial score (nSPS) is 29.0. The summed E-state index contributed by atoms with van der Waals surface area (Å²) in [6.45, 7) is 1.42. The molecule has 1 saturated heterocycles. The Bertz CT molecular complexity index is 467. The summed E-state index contributed by atoms with van der Waals surface area (Å²) in [5, 5.41) is 7.12. The zero-order valence-electron chi connectivity index (χ0n) is 11.3. The van der Waals surface area contributed by atoms with Crippen molar-refractivity contribution in [2.45, 2.75) is 37.9 Å². The summed E-state index contributed by atoms with van der Waals surface area (Å²) in [4.78, 5) is 8.90. The van der Waals surface area contributed by atoms with Crippen molar-refractivity contribution in [3.05, 3.63) is 0 Å². The minimum Gasteiger partial charge on any atom is -0.475 e. The summed E-state index contributed by atoms with van der Waals surface area (Å²) in [6, 6.07) is 0.297. The lowest BCUT2D eigenvalue weighted by molar-refractivity contribution is -0.192. The fourth-order valence-electron chi connectivity index (χ4n) is 2.46. The Balaban J connectivity index is 0.000000270. The van der Waals surface area contributed by atoms with Crippen LogP contribution in [0.25, 0.3) is 0 Å². The Morgan fingerprint density at radius 2 is 1.90 bits per heavy atom. The minimum absolute atomic E-state index is 0.297. The molecule has 1 heterocycles. The van der Waals surface area contributed by atoms with E-state index in [2.05, 4.69) is 0 Å². The Kier molecular flexibility index (Phi) is 6.00. The van der Waals surface area contributed by atoms with Gasteiger partial charge in [0.25, 0.3) is 0 Å². The third kappa shape index (κ3) is 5.79. The van der Waals surface area contributed by atoms with Crippen LogP contribution in [0.5, 0.6) is 0 Å². The lowest BCUT2D eigenvalue weighted by Crippen LogP contribution is -2.31. The molecular weight excluding hydrogens is 313 g/mol. The van der Waals surface area contributed by atoms with Gasteiger partial charge in [0.15, 0.2) is 0 Å². The van der Waals surface area contributed by atoms with Crippen molar-refractivity contribution in [3.63, 3.8) is 0 Å². The maximum Gasteiger partial charge on any atom is 0.490 e. The first-order chi connectivity index (χ1) is 9.52. The highest BCUT2D eigenvalue weighted by atomic mass is 32.2. The maximum absolute atomic E-state index is 11.5. The molecule has 2 fully saturated rings. The SMILES string of the molecule is N[C@@H]1CC[C@H](CN2CCCS2(=O)=O)C1.O=C(O)C(F)(F)F. The summed E-state index contributed by atoms with van der Waals surface area (Å²) < 4.78 is 56.4. The number of alkyl halides is 3. The second-order valence-corrected chi connectivity index (χ2v) is 7.36. The Labute approximate surface area is 121 Å². The molecule has 1 aliphatic carbocycles. The third-order valence-corrected chi connectivity index (χ3v) is 5.41. The molecule has 0 amide bonds. The summed E-state index contributed by atoms with van der Waals surface area (Å²) >= 11 is 0. The molecule has 0 aromatic rings. The van der Waals surface area contributed by atoms with Crippen molar-refractivity contribution in [2.75, 3.05) is 18.8 Å². The molecule has 0 aromatic heterocycles. The number of nitrogens with zero attached hydrogens (tertiary/aromatic N) is 1. The first-order valence-corrected chi connectivity index (χ1v) is 8.17. The van der Waals surface area contributed by atoms with Crippen molar-refractivity contribution in [1.82, 2.24) is 4.31 Å². The lowest BCUT2D eigenvalue weighted by atomic mass is 10.1. The number of aliphatic carboxylic acids is 1. The quantitative estimate of drug-likeness (QED) is 0.778. The fourth-order valence-corrected chi connectivity index (χ4v) is 4.06. The van der Waals surface area contributed by atoms with Crippen molar-refractivity contribution in [3.8, 4) is 0 Å². The van der Waals surface area contributed by atoms with E-state index in [9.17, 15) is 21.6 Å². The van der Waals surface area contributed by atoms with Crippen LogP contribution in [0.3, 0.4) is 0 Å². The number of hydrogen-bond acceptors (Lipinski definition) is 4. The van der Waals surface area contributed by atoms with Gasteiger partial charge in [0.1, 0.15) is 0 Å². The summed E-state index contributed by atoms with van der Waals surface area (Å²) in [6.07, 6.45) is -1.15. The molecule has 1 saturated carbocycles. The molecule has 1 aliphatic heterocycles. The van der Waals surface area contributed by atoms with Crippen LogP contribution in [-0.4, -0.2) is 54.9 Å². The van der Waals surface area contributed by atoms with E-state index in [1.807, 2.05) is 0 Å². The number of nitrogens with two attached hydrogens (primary N) is 1. The van der Waals surface area contributed by atoms with Crippen LogP contribution in [0.4, 0.5) is 13.2 Å². The number of hydrogen-bond donors (Lipinski definition) is 2. The van der Waals surface area contributed by atoms with Crippen LogP contribution in [0.2, 0.25) is 0 Å². The smallest absolute Gasteiger partial charge is 0.475 e. The number of carboxylic acids is 1. The number of carboxylic acid groups (broad SMARTS) is 1. The zero-order valence-corrected chi connectivity index (χ0v) is 12.2. The van der Waals surface area contributed by atoms with Crippen molar-refractivity contribution >= 4 is 16.0 Å². The van der Waals surface area contributed by atoms with Crippen LogP contribution in [0.1, 0.15) is 25.7 Å². The van der Waals surface area contributed by atoms with Crippen LogP contribution in [0.15, 0.2) is 0 Å². The van der Waals surface area contributed by atoms with E-state index >= 15 is 0 Å². The van der Waals surface area contributed by atoms with Gasteiger partial charge in [-0.05, 0) is 31.6 Å². The van der Waals surface area contributed by atoms with Crippen molar-refractivity contribution in [1.29, 1.82) is 0 Å². The Morgan fingerprint density at radius 3 is 2.24 bits per heavy atom. The number of sulfonamides is 1. The van der Waals surface area contributed by atoms with E-state index in [1.165, 1.54) is 0 Å². The lowest BCUT2D eigenvalue weighted by Gasteiger charge is -2.18. The molecule has 3 N–H and O–H groups in total. The highest BCUT2D eigenvalue weighted by Gasteiger charge is 2.38.